The van der Waals surface area contributed by atoms with Crippen LogP contribution in [0, 0.1) is 6.92 Å². The molecule has 2 rings (SSSR count). The van der Waals surface area contributed by atoms with Gasteiger partial charge in [0.1, 0.15) is 6.33 Å². The fraction of sp³-hybridized carbons (Fsp3) is 0.250. The minimum absolute atomic E-state index is 0.0256. The van der Waals surface area contributed by atoms with Crippen molar-refractivity contribution in [2.24, 2.45) is 0 Å². The van der Waals surface area contributed by atoms with Crippen LogP contribution < -0.4 is 5.32 Å². The molecule has 0 aliphatic rings. The summed E-state index contributed by atoms with van der Waals surface area (Å²) in [4.78, 5) is 15.5. The Morgan fingerprint density at radius 2 is 2.12 bits per heavy atom. The molecule has 4 nitrogen and oxygen atoms in total. The van der Waals surface area contributed by atoms with Crippen molar-refractivity contribution in [1.82, 2.24) is 9.36 Å². The quantitative estimate of drug-likeness (QED) is 0.902. The van der Waals surface area contributed by atoms with Crippen molar-refractivity contribution in [3.63, 3.8) is 0 Å². The number of nitrogens with one attached hydrogen (secondary N) is 1. The zero-order valence-electron chi connectivity index (χ0n) is 9.51. The van der Waals surface area contributed by atoms with E-state index in [9.17, 15) is 4.79 Å². The van der Waals surface area contributed by atoms with Crippen molar-refractivity contribution in [3.05, 3.63) is 41.7 Å². The van der Waals surface area contributed by atoms with E-state index in [1.54, 1.807) is 0 Å². The van der Waals surface area contributed by atoms with Gasteiger partial charge in [0.2, 0.25) is 11.0 Å². The summed E-state index contributed by atoms with van der Waals surface area (Å²) in [5.74, 6) is -0.0256. The summed E-state index contributed by atoms with van der Waals surface area (Å²) in [6.07, 6.45) is 2.63. The van der Waals surface area contributed by atoms with Gasteiger partial charge in [0.25, 0.3) is 0 Å². The summed E-state index contributed by atoms with van der Waals surface area (Å²) >= 11 is 1.18. The van der Waals surface area contributed by atoms with Gasteiger partial charge in [0.05, 0.1) is 0 Å². The Kier molecular flexibility index (Phi) is 3.82. The first-order chi connectivity index (χ1) is 8.24. The van der Waals surface area contributed by atoms with Gasteiger partial charge in [-0.05, 0) is 18.9 Å². The number of hydrogen-bond donors (Lipinski definition) is 1. The number of carbonyl (C=O) groups excluding carboxylic acids is 1. The number of hydrogen-bond acceptors (Lipinski definition) is 4. The second-order valence-electron chi connectivity index (χ2n) is 3.78. The first-order valence-electron chi connectivity index (χ1n) is 5.36. The fourth-order valence-electron chi connectivity index (χ4n) is 1.42. The van der Waals surface area contributed by atoms with Crippen LogP contribution in [0.2, 0.25) is 0 Å². The monoisotopic (exact) mass is 247 g/mol. The standard InChI is InChI=1S/C12H13N3OS/c1-9-2-4-10(5-3-9)6-7-11(16)15-12-13-8-14-17-12/h2-5,8H,6-7H2,1H3,(H,13,14,15,16). The van der Waals surface area contributed by atoms with Crippen molar-refractivity contribution in [2.45, 2.75) is 19.8 Å². The third-order valence-electron chi connectivity index (χ3n) is 2.37. The zero-order chi connectivity index (χ0) is 12.1. The maximum absolute atomic E-state index is 11.6. The van der Waals surface area contributed by atoms with Crippen molar-refractivity contribution < 1.29 is 4.79 Å². The SMILES string of the molecule is Cc1ccc(CCC(=O)Nc2ncns2)cc1. The van der Waals surface area contributed by atoms with E-state index < -0.39 is 0 Å². The highest BCUT2D eigenvalue weighted by Gasteiger charge is 2.04. The molecule has 0 aliphatic heterocycles. The Hall–Kier alpha value is -1.75. The second kappa shape index (κ2) is 5.54. The van der Waals surface area contributed by atoms with Gasteiger partial charge in [-0.3, -0.25) is 4.79 Å². The molecule has 0 fully saturated rings. The molecule has 0 aliphatic carbocycles. The summed E-state index contributed by atoms with van der Waals surface area (Å²) in [6, 6.07) is 8.21. The molecule has 1 aromatic carbocycles. The lowest BCUT2D eigenvalue weighted by atomic mass is 10.1. The average molecular weight is 247 g/mol. The van der Waals surface area contributed by atoms with E-state index in [-0.39, 0.29) is 5.91 Å². The zero-order valence-corrected chi connectivity index (χ0v) is 10.3. The predicted molar refractivity (Wildman–Crippen MR) is 68.0 cm³/mol. The molecule has 1 aromatic heterocycles. The van der Waals surface area contributed by atoms with E-state index >= 15 is 0 Å². The molecule has 0 radical (unpaired) electrons. The lowest BCUT2D eigenvalue weighted by Crippen LogP contribution is -2.11. The molecule has 5 heteroatoms. The van der Waals surface area contributed by atoms with Crippen molar-refractivity contribution in [3.8, 4) is 0 Å². The molecule has 1 N–H and O–H groups in total. The maximum atomic E-state index is 11.6. The van der Waals surface area contributed by atoms with Crippen molar-refractivity contribution in [2.75, 3.05) is 5.32 Å². The molecule has 2 aromatic rings. The van der Waals surface area contributed by atoms with Crippen LogP contribution in [-0.2, 0) is 11.2 Å². The van der Waals surface area contributed by atoms with Gasteiger partial charge in [0.15, 0.2) is 0 Å². The predicted octanol–water partition coefficient (Wildman–Crippen LogP) is 2.42. The normalized spacial score (nSPS) is 10.2. The second-order valence-corrected chi connectivity index (χ2v) is 4.56. The van der Waals surface area contributed by atoms with E-state index in [1.165, 1.54) is 29.0 Å². The highest BCUT2D eigenvalue weighted by Crippen LogP contribution is 2.09. The molecule has 0 saturated heterocycles. The molecule has 0 unspecified atom stereocenters. The molecule has 0 saturated carbocycles. The number of aryl methyl sites for hydroxylation is 2. The highest BCUT2D eigenvalue weighted by molar-refractivity contribution is 7.09. The smallest absolute Gasteiger partial charge is 0.226 e. The minimum atomic E-state index is -0.0256. The van der Waals surface area contributed by atoms with Gasteiger partial charge in [0, 0.05) is 18.0 Å². The van der Waals surface area contributed by atoms with Crippen LogP contribution in [-0.4, -0.2) is 15.3 Å². The highest BCUT2D eigenvalue weighted by atomic mass is 32.1. The van der Waals surface area contributed by atoms with Crippen LogP contribution >= 0.6 is 11.5 Å². The van der Waals surface area contributed by atoms with Gasteiger partial charge < -0.3 is 5.32 Å². The van der Waals surface area contributed by atoms with Gasteiger partial charge in [-0.15, -0.1) is 0 Å². The number of benzene rings is 1. The fourth-order valence-corrected chi connectivity index (χ4v) is 1.87. The Morgan fingerprint density at radius 1 is 1.35 bits per heavy atom. The molecule has 17 heavy (non-hydrogen) atoms. The Labute approximate surface area is 104 Å². The number of nitrogens with zero attached hydrogens (tertiary/aromatic N) is 2. The summed E-state index contributed by atoms with van der Waals surface area (Å²) < 4.78 is 3.82. The lowest BCUT2D eigenvalue weighted by molar-refractivity contribution is -0.116. The Bertz CT molecular complexity index is 479. The molecule has 1 amide bonds. The number of rotatable bonds is 4. The maximum Gasteiger partial charge on any atom is 0.226 e. The van der Waals surface area contributed by atoms with Crippen LogP contribution in [0.25, 0.3) is 0 Å². The largest absolute Gasteiger partial charge is 0.301 e. The van der Waals surface area contributed by atoms with Crippen LogP contribution in [0.4, 0.5) is 5.13 Å². The molecule has 1 heterocycles. The van der Waals surface area contributed by atoms with Gasteiger partial charge in [-0.1, -0.05) is 29.8 Å². The van der Waals surface area contributed by atoms with E-state index in [4.69, 9.17) is 0 Å². The molecular formula is C12H13N3OS. The molecule has 0 spiro atoms. The average Bonchev–Trinajstić information content (AvgIpc) is 2.81. The Morgan fingerprint density at radius 3 is 2.76 bits per heavy atom. The molecular weight excluding hydrogens is 234 g/mol. The first-order valence-corrected chi connectivity index (χ1v) is 6.13. The van der Waals surface area contributed by atoms with Gasteiger partial charge in [-0.2, -0.15) is 4.37 Å². The van der Waals surface area contributed by atoms with Crippen LogP contribution in [0.15, 0.2) is 30.6 Å². The van der Waals surface area contributed by atoms with Crippen LogP contribution in [0.3, 0.4) is 0 Å². The summed E-state index contributed by atoms with van der Waals surface area (Å²) in [5.41, 5.74) is 2.40. The number of aromatic nitrogens is 2. The Balaban J connectivity index is 1.82. The van der Waals surface area contributed by atoms with Crippen molar-refractivity contribution in [1.29, 1.82) is 0 Å². The lowest BCUT2D eigenvalue weighted by Gasteiger charge is -2.02. The minimum Gasteiger partial charge on any atom is -0.301 e. The first kappa shape index (κ1) is 11.7. The van der Waals surface area contributed by atoms with E-state index in [0.29, 0.717) is 11.6 Å². The number of anilines is 1. The van der Waals surface area contributed by atoms with E-state index in [0.717, 1.165) is 6.42 Å². The molecule has 88 valence electrons. The van der Waals surface area contributed by atoms with Gasteiger partial charge in [-0.25, -0.2) is 4.98 Å². The summed E-state index contributed by atoms with van der Waals surface area (Å²) in [6.45, 7) is 2.05. The number of carbonyl (C=O) groups is 1. The van der Waals surface area contributed by atoms with E-state index in [1.807, 2.05) is 19.1 Å². The van der Waals surface area contributed by atoms with Crippen molar-refractivity contribution >= 4 is 22.6 Å². The third-order valence-corrected chi connectivity index (χ3v) is 2.95. The van der Waals surface area contributed by atoms with E-state index in [2.05, 4.69) is 26.8 Å². The summed E-state index contributed by atoms with van der Waals surface area (Å²) in [7, 11) is 0. The molecule has 0 bridgehead atoms. The summed E-state index contributed by atoms with van der Waals surface area (Å²) in [5, 5.41) is 3.26. The van der Waals surface area contributed by atoms with Gasteiger partial charge >= 0.3 is 0 Å². The number of amides is 1. The topological polar surface area (TPSA) is 54.9 Å². The molecule has 0 atom stereocenters. The van der Waals surface area contributed by atoms with Crippen LogP contribution in [0.1, 0.15) is 17.5 Å². The third kappa shape index (κ3) is 3.64. The van der Waals surface area contributed by atoms with Crippen LogP contribution in [0.5, 0.6) is 0 Å².